The number of primary amides is 1. The van der Waals surface area contributed by atoms with Crippen molar-refractivity contribution in [2.45, 2.75) is 13.5 Å². The molecule has 0 bridgehead atoms. The molecule has 4 N–H and O–H groups in total. The quantitative estimate of drug-likeness (QED) is 0.640. The molecule has 0 aliphatic heterocycles. The summed E-state index contributed by atoms with van der Waals surface area (Å²) in [6, 6.07) is 2.19. The molecule has 0 spiro atoms. The van der Waals surface area contributed by atoms with Gasteiger partial charge < -0.3 is 15.8 Å². The highest BCUT2D eigenvalue weighted by atomic mass is 32.1. The Morgan fingerprint density at radius 1 is 1.38 bits per heavy atom. The molecule has 0 aliphatic rings. The Morgan fingerprint density at radius 2 is 2.12 bits per heavy atom. The van der Waals surface area contributed by atoms with Gasteiger partial charge in [0.15, 0.2) is 11.6 Å². The molecule has 138 valence electrons. The maximum Gasteiger partial charge on any atom is 0.320 e. The first-order valence-electron chi connectivity index (χ1n) is 7.36. The number of amides is 3. The van der Waals surface area contributed by atoms with Crippen molar-refractivity contribution in [2.24, 2.45) is 5.73 Å². The van der Waals surface area contributed by atoms with Crippen molar-refractivity contribution in [3.8, 4) is 5.88 Å². The van der Waals surface area contributed by atoms with E-state index in [0.717, 1.165) is 11.5 Å². The fourth-order valence-electron chi connectivity index (χ4n) is 1.93. The van der Waals surface area contributed by atoms with Gasteiger partial charge in [0.1, 0.15) is 17.2 Å². The molecule has 0 unspecified atom stereocenters. The molecule has 0 atom stereocenters. The number of urea groups is 1. The van der Waals surface area contributed by atoms with Crippen LogP contribution in [-0.4, -0.2) is 22.9 Å². The average Bonchev–Trinajstić information content (AvgIpc) is 3.00. The van der Waals surface area contributed by atoms with Crippen LogP contribution in [0.3, 0.4) is 0 Å². The zero-order valence-electron chi connectivity index (χ0n) is 13.8. The number of carbonyl (C=O) groups excluding carboxylic acids is 2. The normalized spacial score (nSPS) is 10.3. The van der Waals surface area contributed by atoms with Crippen LogP contribution < -0.4 is 21.1 Å². The summed E-state index contributed by atoms with van der Waals surface area (Å²) in [6.07, 6.45) is 1.48. The molecule has 7 nitrogen and oxygen atoms in total. The van der Waals surface area contributed by atoms with Crippen LogP contribution in [0, 0.1) is 18.6 Å². The molecule has 0 saturated heterocycles. The van der Waals surface area contributed by atoms with Crippen molar-refractivity contribution in [3.63, 3.8) is 0 Å². The first-order chi connectivity index (χ1) is 12.3. The molecule has 0 saturated carbocycles. The monoisotopic (exact) mass is 382 g/mol. The highest BCUT2D eigenvalue weighted by Gasteiger charge is 2.22. The van der Waals surface area contributed by atoms with Gasteiger partial charge in [-0.25, -0.2) is 13.6 Å². The third-order valence-electron chi connectivity index (χ3n) is 3.26. The van der Waals surface area contributed by atoms with E-state index in [9.17, 15) is 18.4 Å². The standard InChI is InChI=1S/C16H16F2N4O3S/c1-3-6-20-16(24)21-15-10(13(19)23)14(22-26-15)25-7-9-5-4-8(2)11(17)12(9)18/h3-5H,1,6-7H2,2H3,(H2,19,23)(H2,20,21,24). The number of nitrogens with one attached hydrogen (secondary N) is 2. The minimum Gasteiger partial charge on any atom is -0.471 e. The fraction of sp³-hybridized carbons (Fsp3) is 0.188. The van der Waals surface area contributed by atoms with E-state index in [1.54, 1.807) is 0 Å². The van der Waals surface area contributed by atoms with Crippen LogP contribution in [-0.2, 0) is 6.61 Å². The Hall–Kier alpha value is -3.01. The topological polar surface area (TPSA) is 106 Å². The van der Waals surface area contributed by atoms with Gasteiger partial charge in [-0.05, 0) is 24.0 Å². The summed E-state index contributed by atoms with van der Waals surface area (Å²) in [4.78, 5) is 23.3. The number of rotatable bonds is 7. The first-order valence-corrected chi connectivity index (χ1v) is 8.14. The molecular formula is C16H16F2N4O3S. The van der Waals surface area contributed by atoms with Crippen LogP contribution in [0.4, 0.5) is 18.6 Å². The van der Waals surface area contributed by atoms with Gasteiger partial charge >= 0.3 is 6.03 Å². The zero-order chi connectivity index (χ0) is 19.3. The van der Waals surface area contributed by atoms with Crippen LogP contribution in [0.25, 0.3) is 0 Å². The van der Waals surface area contributed by atoms with E-state index in [0.29, 0.717) is 0 Å². The molecule has 10 heteroatoms. The molecule has 0 fully saturated rings. The van der Waals surface area contributed by atoms with Gasteiger partial charge in [-0.15, -0.1) is 6.58 Å². The number of nitrogens with two attached hydrogens (primary N) is 1. The maximum absolute atomic E-state index is 13.9. The molecule has 1 aromatic heterocycles. The number of halogens is 2. The Kier molecular flexibility index (Phi) is 6.23. The maximum atomic E-state index is 13.9. The second kappa shape index (κ2) is 8.39. The number of aryl methyl sites for hydroxylation is 1. The predicted molar refractivity (Wildman–Crippen MR) is 93.3 cm³/mol. The van der Waals surface area contributed by atoms with Crippen LogP contribution in [0.5, 0.6) is 5.88 Å². The van der Waals surface area contributed by atoms with Crippen LogP contribution >= 0.6 is 11.5 Å². The smallest absolute Gasteiger partial charge is 0.320 e. The van der Waals surface area contributed by atoms with Crippen LogP contribution in [0.1, 0.15) is 21.5 Å². The second-order valence-corrected chi connectivity index (χ2v) is 5.91. The van der Waals surface area contributed by atoms with E-state index in [-0.39, 0.29) is 40.7 Å². The van der Waals surface area contributed by atoms with Crippen molar-refractivity contribution in [2.75, 3.05) is 11.9 Å². The second-order valence-electron chi connectivity index (χ2n) is 5.14. The van der Waals surface area contributed by atoms with Crippen molar-refractivity contribution >= 4 is 28.5 Å². The lowest BCUT2D eigenvalue weighted by atomic mass is 10.1. The summed E-state index contributed by atoms with van der Waals surface area (Å²) in [6.45, 7) is 4.75. The molecule has 26 heavy (non-hydrogen) atoms. The third kappa shape index (κ3) is 4.33. The summed E-state index contributed by atoms with van der Waals surface area (Å²) >= 11 is 0.770. The van der Waals surface area contributed by atoms with E-state index < -0.39 is 23.6 Å². The Bertz CT molecular complexity index is 854. The van der Waals surface area contributed by atoms with Gasteiger partial charge in [0.05, 0.1) is 0 Å². The molecule has 0 aliphatic carbocycles. The van der Waals surface area contributed by atoms with E-state index in [4.69, 9.17) is 10.5 Å². The van der Waals surface area contributed by atoms with Gasteiger partial charge in [0.2, 0.25) is 5.88 Å². The van der Waals surface area contributed by atoms with E-state index in [2.05, 4.69) is 21.6 Å². The minimum atomic E-state index is -1.04. The Labute approximate surface area is 152 Å². The lowest BCUT2D eigenvalue weighted by molar-refractivity contribution is 0.0996. The van der Waals surface area contributed by atoms with E-state index >= 15 is 0 Å². The first kappa shape index (κ1) is 19.3. The van der Waals surface area contributed by atoms with Gasteiger partial charge in [0, 0.05) is 12.1 Å². The lowest BCUT2D eigenvalue weighted by Crippen LogP contribution is -2.29. The predicted octanol–water partition coefficient (Wildman–Crippen LogP) is 2.72. The Morgan fingerprint density at radius 3 is 2.77 bits per heavy atom. The molecule has 1 aromatic carbocycles. The van der Waals surface area contributed by atoms with E-state index in [1.807, 2.05) is 0 Å². The molecular weight excluding hydrogens is 366 g/mol. The highest BCUT2D eigenvalue weighted by Crippen LogP contribution is 2.31. The molecule has 2 rings (SSSR count). The van der Waals surface area contributed by atoms with Crippen LogP contribution in [0.15, 0.2) is 24.8 Å². The fourth-order valence-corrected chi connectivity index (χ4v) is 2.67. The van der Waals surface area contributed by atoms with Gasteiger partial charge in [-0.3, -0.25) is 10.1 Å². The zero-order valence-corrected chi connectivity index (χ0v) is 14.6. The summed E-state index contributed by atoms with van der Waals surface area (Å²) in [5.41, 5.74) is 5.26. The summed E-state index contributed by atoms with van der Waals surface area (Å²) < 4.78 is 36.7. The number of anilines is 1. The molecule has 0 radical (unpaired) electrons. The summed E-state index contributed by atoms with van der Waals surface area (Å²) in [7, 11) is 0. The average molecular weight is 382 g/mol. The lowest BCUT2D eigenvalue weighted by Gasteiger charge is -2.08. The number of aromatic nitrogens is 1. The highest BCUT2D eigenvalue weighted by molar-refractivity contribution is 7.11. The number of hydrogen-bond donors (Lipinski definition) is 3. The van der Waals surface area contributed by atoms with Gasteiger partial charge in [0.25, 0.3) is 5.91 Å². The number of hydrogen-bond acceptors (Lipinski definition) is 5. The molecule has 1 heterocycles. The number of benzene rings is 1. The summed E-state index contributed by atoms with van der Waals surface area (Å²) in [5.74, 6) is -3.08. The third-order valence-corrected chi connectivity index (χ3v) is 4.01. The van der Waals surface area contributed by atoms with E-state index in [1.165, 1.54) is 25.1 Å². The van der Waals surface area contributed by atoms with Crippen LogP contribution in [0.2, 0.25) is 0 Å². The number of carbonyl (C=O) groups is 2. The van der Waals surface area contributed by atoms with Crippen molar-refractivity contribution < 1.29 is 23.1 Å². The largest absolute Gasteiger partial charge is 0.471 e. The molecule has 3 amide bonds. The van der Waals surface area contributed by atoms with Crippen molar-refractivity contribution in [1.82, 2.24) is 9.69 Å². The SMILES string of the molecule is C=CCNC(=O)Nc1snc(OCc2ccc(C)c(F)c2F)c1C(N)=O. The van der Waals surface area contributed by atoms with Crippen molar-refractivity contribution in [3.05, 3.63) is 53.1 Å². The van der Waals surface area contributed by atoms with Gasteiger partial charge in [-0.1, -0.05) is 18.2 Å². The Balaban J connectivity index is 2.17. The number of nitrogens with zero attached hydrogens (tertiary/aromatic N) is 1. The molecule has 2 aromatic rings. The summed E-state index contributed by atoms with van der Waals surface area (Å²) in [5, 5.41) is 4.95. The van der Waals surface area contributed by atoms with Crippen molar-refractivity contribution in [1.29, 1.82) is 0 Å². The minimum absolute atomic E-state index is 0.0465. The van der Waals surface area contributed by atoms with Gasteiger partial charge in [-0.2, -0.15) is 4.37 Å². The number of ether oxygens (including phenoxy) is 1.